The van der Waals surface area contributed by atoms with Crippen molar-refractivity contribution in [3.05, 3.63) is 88.3 Å². The van der Waals surface area contributed by atoms with Gasteiger partial charge in [-0.15, -0.1) is 11.3 Å². The summed E-state index contributed by atoms with van der Waals surface area (Å²) in [5, 5.41) is 16.1. The summed E-state index contributed by atoms with van der Waals surface area (Å²) in [4.78, 5) is 8.93. The molecule has 33 heavy (non-hydrogen) atoms. The summed E-state index contributed by atoms with van der Waals surface area (Å²) in [7, 11) is 0. The molecule has 0 saturated heterocycles. The van der Waals surface area contributed by atoms with Gasteiger partial charge in [0.15, 0.2) is 0 Å². The van der Waals surface area contributed by atoms with Gasteiger partial charge in [0.05, 0.1) is 28.9 Å². The molecule has 4 rings (SSSR count). The molecule has 0 bridgehead atoms. The molecule has 2 aromatic carbocycles. The number of hydrogen-bond donors (Lipinski definition) is 0. The third-order valence-electron chi connectivity index (χ3n) is 6.33. The largest absolute Gasteiger partial charge is 0.252 e. The number of rotatable bonds is 7. The fourth-order valence-electron chi connectivity index (χ4n) is 4.45. The summed E-state index contributed by atoms with van der Waals surface area (Å²) in [6.07, 6.45) is 3.05. The lowest BCUT2D eigenvalue weighted by molar-refractivity contribution is 0.205. The monoisotopic (exact) mass is 463 g/mol. The first-order valence-corrected chi connectivity index (χ1v) is 11.5. The van der Waals surface area contributed by atoms with Crippen LogP contribution in [0.5, 0.6) is 0 Å². The van der Waals surface area contributed by atoms with E-state index in [1.165, 1.54) is 29.8 Å². The van der Waals surface area contributed by atoms with Gasteiger partial charge in [0.2, 0.25) is 0 Å². The highest BCUT2D eigenvalue weighted by Crippen LogP contribution is 2.48. The minimum Gasteiger partial charge on any atom is -0.252 e. The zero-order valence-corrected chi connectivity index (χ0v) is 19.4. The van der Waals surface area contributed by atoms with Gasteiger partial charge in [0.25, 0.3) is 0 Å². The summed E-state index contributed by atoms with van der Waals surface area (Å²) in [6, 6.07) is 13.1. The summed E-state index contributed by atoms with van der Waals surface area (Å²) < 4.78 is 30.7. The molecule has 2 heterocycles. The Hall–Kier alpha value is -3.44. The average Bonchev–Trinajstić information content (AvgIpc) is 3.49. The Morgan fingerprint density at radius 1 is 1.12 bits per heavy atom. The number of nitrogens with zero attached hydrogens (tertiary/aromatic N) is 5. The van der Waals surface area contributed by atoms with Crippen LogP contribution >= 0.6 is 11.3 Å². The molecule has 8 heteroatoms. The van der Waals surface area contributed by atoms with E-state index in [-0.39, 0.29) is 11.8 Å². The van der Waals surface area contributed by atoms with Crippen molar-refractivity contribution in [1.82, 2.24) is 19.7 Å². The topological polar surface area (TPSA) is 67.4 Å². The maximum Gasteiger partial charge on any atom is 0.137 e. The first kappa shape index (κ1) is 22.7. The highest BCUT2D eigenvalue weighted by atomic mass is 32.1. The second-order valence-electron chi connectivity index (χ2n) is 8.39. The molecule has 2 atom stereocenters. The normalized spacial score (nSPS) is 14.1. The average molecular weight is 464 g/mol. The van der Waals surface area contributed by atoms with Crippen LogP contribution in [0.4, 0.5) is 8.78 Å². The molecule has 0 radical (unpaired) electrons. The van der Waals surface area contributed by atoms with Gasteiger partial charge in [0, 0.05) is 28.3 Å². The van der Waals surface area contributed by atoms with Crippen LogP contribution in [-0.4, -0.2) is 19.7 Å². The van der Waals surface area contributed by atoms with Crippen LogP contribution < -0.4 is 0 Å². The van der Waals surface area contributed by atoms with E-state index in [1.54, 1.807) is 23.1 Å². The van der Waals surface area contributed by atoms with Crippen molar-refractivity contribution in [3.63, 3.8) is 0 Å². The van der Waals surface area contributed by atoms with E-state index in [2.05, 4.69) is 16.2 Å². The predicted molar refractivity (Wildman–Crippen MR) is 124 cm³/mol. The molecule has 0 amide bonds. The van der Waals surface area contributed by atoms with Gasteiger partial charge in [-0.2, -0.15) is 10.4 Å². The maximum absolute atomic E-state index is 15.2. The van der Waals surface area contributed by atoms with E-state index in [0.717, 1.165) is 22.3 Å². The Morgan fingerprint density at radius 3 is 2.48 bits per heavy atom. The molecule has 0 N–H and O–H groups in total. The molecule has 0 saturated carbocycles. The van der Waals surface area contributed by atoms with E-state index < -0.39 is 17.0 Å². The van der Waals surface area contributed by atoms with Crippen LogP contribution in [0, 0.1) is 28.9 Å². The van der Waals surface area contributed by atoms with Crippen LogP contribution in [0.3, 0.4) is 0 Å². The highest BCUT2D eigenvalue weighted by Gasteiger charge is 2.45. The van der Waals surface area contributed by atoms with Crippen molar-refractivity contribution >= 4 is 11.3 Å². The molecule has 0 spiro atoms. The van der Waals surface area contributed by atoms with Gasteiger partial charge < -0.3 is 0 Å². The quantitative estimate of drug-likeness (QED) is 0.340. The molecule has 2 unspecified atom stereocenters. The number of halogens is 2. The second kappa shape index (κ2) is 9.20. The Kier molecular flexibility index (Phi) is 6.34. The van der Waals surface area contributed by atoms with Crippen LogP contribution in [0.1, 0.15) is 42.8 Å². The summed E-state index contributed by atoms with van der Waals surface area (Å²) in [5.74, 6) is -1.43. The molecular weight excluding hydrogens is 440 g/mol. The van der Waals surface area contributed by atoms with Crippen molar-refractivity contribution < 1.29 is 8.78 Å². The van der Waals surface area contributed by atoms with Crippen LogP contribution in [0.25, 0.3) is 11.3 Å². The zero-order valence-electron chi connectivity index (χ0n) is 18.5. The number of aromatic nitrogens is 4. The standard InChI is InChI=1S/C25H23F2N5S/c1-16(2)25(13-32-15-29-14-30-32,21-9-8-20(26)10-22(21)27)17(3)24-31-23(12-33-24)19-6-4-18(11-28)5-7-19/h4-10,12,14-17H,13H2,1-3H3. The molecule has 0 fully saturated rings. The second-order valence-corrected chi connectivity index (χ2v) is 9.28. The van der Waals surface area contributed by atoms with E-state index in [1.807, 2.05) is 38.3 Å². The maximum atomic E-state index is 15.2. The minimum absolute atomic E-state index is 0.0288. The lowest BCUT2D eigenvalue weighted by Gasteiger charge is -2.42. The van der Waals surface area contributed by atoms with E-state index in [4.69, 9.17) is 10.2 Å². The van der Waals surface area contributed by atoms with Crippen molar-refractivity contribution in [2.45, 2.75) is 38.6 Å². The van der Waals surface area contributed by atoms with E-state index >= 15 is 4.39 Å². The molecule has 0 aliphatic heterocycles. The third-order valence-corrected chi connectivity index (χ3v) is 7.36. The van der Waals surface area contributed by atoms with Gasteiger partial charge >= 0.3 is 0 Å². The molecule has 2 aromatic heterocycles. The van der Waals surface area contributed by atoms with Crippen molar-refractivity contribution in [1.29, 1.82) is 5.26 Å². The lowest BCUT2D eigenvalue weighted by Crippen LogP contribution is -2.43. The molecule has 5 nitrogen and oxygen atoms in total. The summed E-state index contributed by atoms with van der Waals surface area (Å²) in [5.41, 5.74) is 1.95. The Labute approximate surface area is 195 Å². The fraction of sp³-hybridized carbons (Fsp3) is 0.280. The first-order valence-electron chi connectivity index (χ1n) is 10.6. The number of hydrogen-bond acceptors (Lipinski definition) is 5. The number of thiazole rings is 1. The smallest absolute Gasteiger partial charge is 0.137 e. The number of benzene rings is 2. The molecule has 168 valence electrons. The van der Waals surface area contributed by atoms with Crippen molar-refractivity contribution in [3.8, 4) is 17.3 Å². The van der Waals surface area contributed by atoms with E-state index in [0.29, 0.717) is 17.7 Å². The first-order chi connectivity index (χ1) is 15.8. The Morgan fingerprint density at radius 2 is 1.88 bits per heavy atom. The van der Waals surface area contributed by atoms with Gasteiger partial charge in [-0.1, -0.05) is 39.0 Å². The minimum atomic E-state index is -0.759. The molecule has 0 aliphatic carbocycles. The van der Waals surface area contributed by atoms with Gasteiger partial charge in [-0.3, -0.25) is 4.68 Å². The van der Waals surface area contributed by atoms with Crippen LogP contribution in [0.2, 0.25) is 0 Å². The third kappa shape index (κ3) is 4.29. The Balaban J connectivity index is 1.81. The molecule has 0 aliphatic rings. The summed E-state index contributed by atoms with van der Waals surface area (Å²) in [6.45, 7) is 6.46. The van der Waals surface area contributed by atoms with Gasteiger partial charge in [0.1, 0.15) is 24.3 Å². The van der Waals surface area contributed by atoms with Gasteiger partial charge in [-0.25, -0.2) is 18.7 Å². The Bertz CT molecular complexity index is 1280. The molecule has 4 aromatic rings. The van der Waals surface area contributed by atoms with Crippen molar-refractivity contribution in [2.75, 3.05) is 0 Å². The fourth-order valence-corrected chi connectivity index (χ4v) is 5.44. The van der Waals surface area contributed by atoms with Crippen LogP contribution in [0.15, 0.2) is 60.5 Å². The highest BCUT2D eigenvalue weighted by molar-refractivity contribution is 7.10. The van der Waals surface area contributed by atoms with Crippen molar-refractivity contribution in [2.24, 2.45) is 5.92 Å². The SMILES string of the molecule is CC(C)C(Cn1cncn1)(c1ccc(F)cc1F)C(C)c1nc(-c2ccc(C#N)cc2)cs1. The number of nitriles is 1. The van der Waals surface area contributed by atoms with Crippen LogP contribution in [-0.2, 0) is 12.0 Å². The van der Waals surface area contributed by atoms with E-state index in [9.17, 15) is 4.39 Å². The zero-order chi connectivity index (χ0) is 23.6. The predicted octanol–water partition coefficient (Wildman–Crippen LogP) is 5.95. The lowest BCUT2D eigenvalue weighted by atomic mass is 9.63. The van der Waals surface area contributed by atoms with Gasteiger partial charge in [-0.05, 0) is 29.7 Å². The summed E-state index contributed by atoms with van der Waals surface area (Å²) >= 11 is 1.51. The molecular formula is C25H23F2N5S.